The van der Waals surface area contributed by atoms with Crippen molar-refractivity contribution in [2.45, 2.75) is 38.2 Å². The van der Waals surface area contributed by atoms with E-state index < -0.39 is 0 Å². The summed E-state index contributed by atoms with van der Waals surface area (Å²) in [5.74, 6) is 0.0277. The van der Waals surface area contributed by atoms with Crippen molar-refractivity contribution in [3.8, 4) is 0 Å². The monoisotopic (exact) mass is 269 g/mol. The fraction of sp³-hybridized carbons (Fsp3) is 0.929. The van der Waals surface area contributed by atoms with E-state index >= 15 is 0 Å². The van der Waals surface area contributed by atoms with Crippen LogP contribution in [-0.2, 0) is 9.53 Å². The van der Waals surface area contributed by atoms with Gasteiger partial charge < -0.3 is 20.3 Å². The fourth-order valence-electron chi connectivity index (χ4n) is 2.74. The Hall–Kier alpha value is -0.650. The second kappa shape index (κ2) is 8.51. The van der Waals surface area contributed by atoms with Crippen molar-refractivity contribution in [1.82, 2.24) is 15.5 Å². The molecule has 0 saturated carbocycles. The number of nitrogens with zero attached hydrogens (tertiary/aromatic N) is 1. The molecule has 2 rings (SSSR count). The van der Waals surface area contributed by atoms with Gasteiger partial charge in [0.25, 0.3) is 0 Å². The highest BCUT2D eigenvalue weighted by molar-refractivity contribution is 5.77. The third-order valence-electron chi connectivity index (χ3n) is 3.91. The van der Waals surface area contributed by atoms with Gasteiger partial charge in [0.2, 0.25) is 5.91 Å². The topological polar surface area (TPSA) is 53.6 Å². The van der Waals surface area contributed by atoms with Crippen LogP contribution in [0, 0.1) is 0 Å². The molecule has 110 valence electrons. The summed E-state index contributed by atoms with van der Waals surface area (Å²) >= 11 is 0. The largest absolute Gasteiger partial charge is 0.368 e. The zero-order valence-corrected chi connectivity index (χ0v) is 11.8. The van der Waals surface area contributed by atoms with E-state index in [0.717, 1.165) is 45.4 Å². The molecule has 0 aliphatic carbocycles. The van der Waals surface area contributed by atoms with E-state index in [9.17, 15) is 4.79 Å². The summed E-state index contributed by atoms with van der Waals surface area (Å²) in [6.45, 7) is 6.55. The Balaban J connectivity index is 1.45. The van der Waals surface area contributed by atoms with Crippen LogP contribution in [0.2, 0.25) is 0 Å². The highest BCUT2D eigenvalue weighted by atomic mass is 16.5. The lowest BCUT2D eigenvalue weighted by Gasteiger charge is -2.22. The van der Waals surface area contributed by atoms with Crippen molar-refractivity contribution < 1.29 is 9.53 Å². The minimum absolute atomic E-state index is 0.0277. The lowest BCUT2D eigenvalue weighted by atomic mass is 10.1. The van der Waals surface area contributed by atoms with Crippen LogP contribution in [-0.4, -0.2) is 62.8 Å². The van der Waals surface area contributed by atoms with Crippen molar-refractivity contribution in [3.05, 3.63) is 0 Å². The average molecular weight is 269 g/mol. The lowest BCUT2D eigenvalue weighted by Crippen LogP contribution is -2.36. The molecule has 0 aromatic heterocycles. The first-order valence-corrected chi connectivity index (χ1v) is 7.66. The van der Waals surface area contributed by atoms with Gasteiger partial charge in [-0.25, -0.2) is 0 Å². The number of amides is 1. The molecule has 0 atom stereocenters. The van der Waals surface area contributed by atoms with Gasteiger partial charge in [0, 0.05) is 6.54 Å². The van der Waals surface area contributed by atoms with Gasteiger partial charge in [-0.2, -0.15) is 0 Å². The number of likely N-dealkylation sites (tertiary alicyclic amines) is 1. The van der Waals surface area contributed by atoms with E-state index in [-0.39, 0.29) is 18.6 Å². The quantitative estimate of drug-likeness (QED) is 0.655. The van der Waals surface area contributed by atoms with E-state index in [1.807, 2.05) is 0 Å². The Morgan fingerprint density at radius 2 is 2.00 bits per heavy atom. The minimum atomic E-state index is 0.0277. The van der Waals surface area contributed by atoms with Crippen molar-refractivity contribution >= 4 is 5.91 Å². The molecular formula is C14H27N3O2. The molecule has 0 aromatic rings. The Labute approximate surface area is 116 Å². The van der Waals surface area contributed by atoms with Crippen molar-refractivity contribution in [3.63, 3.8) is 0 Å². The summed E-state index contributed by atoms with van der Waals surface area (Å²) in [6.07, 6.45) is 5.99. The number of hydrogen-bond donors (Lipinski definition) is 2. The molecule has 0 spiro atoms. The summed E-state index contributed by atoms with van der Waals surface area (Å²) in [5, 5.41) is 6.23. The lowest BCUT2D eigenvalue weighted by molar-refractivity contribution is -0.128. The smallest absolute Gasteiger partial charge is 0.246 e. The van der Waals surface area contributed by atoms with Gasteiger partial charge in [0.1, 0.15) is 6.61 Å². The first-order valence-electron chi connectivity index (χ1n) is 7.66. The molecule has 5 heteroatoms. The molecule has 5 nitrogen and oxygen atoms in total. The summed E-state index contributed by atoms with van der Waals surface area (Å²) in [5.41, 5.74) is 0. The normalized spacial score (nSPS) is 21.7. The van der Waals surface area contributed by atoms with Crippen LogP contribution in [0.1, 0.15) is 32.1 Å². The van der Waals surface area contributed by atoms with Gasteiger partial charge in [-0.05, 0) is 64.8 Å². The van der Waals surface area contributed by atoms with Crippen molar-refractivity contribution in [2.24, 2.45) is 0 Å². The maximum Gasteiger partial charge on any atom is 0.246 e. The zero-order valence-electron chi connectivity index (χ0n) is 11.8. The van der Waals surface area contributed by atoms with Crippen LogP contribution in [0.25, 0.3) is 0 Å². The number of carbonyl (C=O) groups excluding carboxylic acids is 1. The van der Waals surface area contributed by atoms with Crippen LogP contribution in [0.4, 0.5) is 0 Å². The Morgan fingerprint density at radius 1 is 1.26 bits per heavy atom. The fourth-order valence-corrected chi connectivity index (χ4v) is 2.74. The maximum atomic E-state index is 11.6. The number of piperidine rings is 1. The summed E-state index contributed by atoms with van der Waals surface area (Å²) in [6, 6.07) is 0. The molecule has 0 unspecified atom stereocenters. The maximum absolute atomic E-state index is 11.6. The molecule has 0 bridgehead atoms. The number of ether oxygens (including phenoxy) is 1. The molecule has 2 N–H and O–H groups in total. The third-order valence-corrected chi connectivity index (χ3v) is 3.91. The molecule has 0 aromatic carbocycles. The van der Waals surface area contributed by atoms with E-state index in [4.69, 9.17) is 4.74 Å². The summed E-state index contributed by atoms with van der Waals surface area (Å²) < 4.78 is 5.61. The minimum Gasteiger partial charge on any atom is -0.368 e. The van der Waals surface area contributed by atoms with Gasteiger partial charge in [-0.1, -0.05) is 0 Å². The molecule has 2 fully saturated rings. The van der Waals surface area contributed by atoms with Gasteiger partial charge in [-0.3, -0.25) is 4.79 Å². The van der Waals surface area contributed by atoms with Crippen LogP contribution in [0.15, 0.2) is 0 Å². The number of carbonyl (C=O) groups is 1. The predicted molar refractivity (Wildman–Crippen MR) is 75.1 cm³/mol. The second-order valence-corrected chi connectivity index (χ2v) is 5.51. The number of hydrogen-bond acceptors (Lipinski definition) is 4. The highest BCUT2D eigenvalue weighted by Gasteiger charge is 2.15. The SMILES string of the molecule is O=C(COC1CCNCC1)NCCCN1CCCC1. The Kier molecular flexibility index (Phi) is 6.61. The van der Waals surface area contributed by atoms with Crippen LogP contribution in [0.3, 0.4) is 0 Å². The standard InChI is InChI=1S/C14H27N3O2/c18-14(12-19-13-4-7-15-8-5-13)16-6-3-11-17-9-1-2-10-17/h13,15H,1-12H2,(H,16,18). The molecule has 2 aliphatic rings. The molecule has 19 heavy (non-hydrogen) atoms. The first-order chi connectivity index (χ1) is 9.34. The van der Waals surface area contributed by atoms with E-state index in [1.54, 1.807) is 0 Å². The molecule has 2 aliphatic heterocycles. The third kappa shape index (κ3) is 5.89. The summed E-state index contributed by atoms with van der Waals surface area (Å²) in [4.78, 5) is 14.1. The molecular weight excluding hydrogens is 242 g/mol. The van der Waals surface area contributed by atoms with Crippen molar-refractivity contribution in [2.75, 3.05) is 45.9 Å². The Bertz CT molecular complexity index is 261. The van der Waals surface area contributed by atoms with E-state index in [0.29, 0.717) is 0 Å². The van der Waals surface area contributed by atoms with Gasteiger partial charge in [-0.15, -0.1) is 0 Å². The Morgan fingerprint density at radius 3 is 2.74 bits per heavy atom. The van der Waals surface area contributed by atoms with E-state index in [2.05, 4.69) is 15.5 Å². The van der Waals surface area contributed by atoms with Gasteiger partial charge in [0.15, 0.2) is 0 Å². The van der Waals surface area contributed by atoms with Gasteiger partial charge in [0.05, 0.1) is 6.10 Å². The summed E-state index contributed by atoms with van der Waals surface area (Å²) in [7, 11) is 0. The molecule has 2 heterocycles. The van der Waals surface area contributed by atoms with Crippen LogP contribution < -0.4 is 10.6 Å². The predicted octanol–water partition coefficient (Wildman–Crippen LogP) is 0.357. The zero-order chi connectivity index (χ0) is 13.3. The number of nitrogens with one attached hydrogen (secondary N) is 2. The first kappa shape index (κ1) is 14.8. The molecule has 0 radical (unpaired) electrons. The number of rotatable bonds is 7. The average Bonchev–Trinajstić information content (AvgIpc) is 2.96. The highest BCUT2D eigenvalue weighted by Crippen LogP contribution is 2.07. The van der Waals surface area contributed by atoms with Crippen LogP contribution in [0.5, 0.6) is 0 Å². The second-order valence-electron chi connectivity index (χ2n) is 5.51. The van der Waals surface area contributed by atoms with Crippen molar-refractivity contribution in [1.29, 1.82) is 0 Å². The van der Waals surface area contributed by atoms with Gasteiger partial charge >= 0.3 is 0 Å². The van der Waals surface area contributed by atoms with Crippen LogP contribution >= 0.6 is 0 Å². The molecule has 2 saturated heterocycles. The van der Waals surface area contributed by atoms with E-state index in [1.165, 1.54) is 25.9 Å². The molecule has 1 amide bonds.